The third-order valence-electron chi connectivity index (χ3n) is 3.86. The van der Waals surface area contributed by atoms with Gasteiger partial charge in [0.15, 0.2) is 7.28 Å². The van der Waals surface area contributed by atoms with Crippen molar-refractivity contribution in [1.29, 1.82) is 0 Å². The Balaban J connectivity index is 2.12. The zero-order chi connectivity index (χ0) is 15.9. The number of hydrogen-bond donors (Lipinski definition) is 2. The van der Waals surface area contributed by atoms with Crippen LogP contribution in [0.1, 0.15) is 11.1 Å². The van der Waals surface area contributed by atoms with Crippen LogP contribution in [0.4, 0.5) is 5.69 Å². The fourth-order valence-corrected chi connectivity index (χ4v) is 3.20. The van der Waals surface area contributed by atoms with Crippen molar-refractivity contribution in [3.63, 3.8) is 0 Å². The largest absolute Gasteiger partial charge is 0.509 e. The van der Waals surface area contributed by atoms with Crippen molar-refractivity contribution in [3.05, 3.63) is 45.0 Å². The van der Waals surface area contributed by atoms with Crippen molar-refractivity contribution in [2.75, 3.05) is 5.32 Å². The molecule has 0 aromatic heterocycles. The minimum Gasteiger partial charge on any atom is -0.509 e. The number of amides is 1. The average molecular weight is 401 g/mol. The number of halogens is 1. The number of phenols is 1. The molecule has 0 saturated carbocycles. The first kappa shape index (κ1) is 15.2. The van der Waals surface area contributed by atoms with Gasteiger partial charge in [0.05, 0.1) is 0 Å². The van der Waals surface area contributed by atoms with Crippen LogP contribution in [0.25, 0.3) is 11.6 Å². The first-order chi connectivity index (χ1) is 10.5. The first-order valence-corrected chi connectivity index (χ1v) is 8.23. The van der Waals surface area contributed by atoms with Crippen molar-refractivity contribution >= 4 is 71.9 Å². The summed E-state index contributed by atoms with van der Waals surface area (Å²) in [6.45, 7) is 2.01. The molecule has 6 heteroatoms. The second-order valence-electron chi connectivity index (χ2n) is 5.40. The van der Waals surface area contributed by atoms with Crippen molar-refractivity contribution in [1.82, 2.24) is 0 Å². The Kier molecular flexibility index (Phi) is 4.04. The van der Waals surface area contributed by atoms with E-state index < -0.39 is 0 Å². The van der Waals surface area contributed by atoms with E-state index in [1.165, 1.54) is 0 Å². The molecule has 2 aromatic rings. The van der Waals surface area contributed by atoms with E-state index in [0.29, 0.717) is 11.3 Å². The van der Waals surface area contributed by atoms with E-state index in [1.54, 1.807) is 0 Å². The Hall–Kier alpha value is -1.69. The van der Waals surface area contributed by atoms with E-state index in [9.17, 15) is 9.90 Å². The minimum atomic E-state index is -0.0826. The van der Waals surface area contributed by atoms with E-state index in [2.05, 4.69) is 27.9 Å². The van der Waals surface area contributed by atoms with Crippen molar-refractivity contribution in [2.24, 2.45) is 0 Å². The third-order valence-corrected chi connectivity index (χ3v) is 4.53. The highest BCUT2D eigenvalue weighted by Crippen LogP contribution is 2.34. The molecule has 0 atom stereocenters. The maximum absolute atomic E-state index is 12.2. The lowest BCUT2D eigenvalue weighted by molar-refractivity contribution is -0.110. The quantitative estimate of drug-likeness (QED) is 0.446. The Morgan fingerprint density at radius 1 is 1.32 bits per heavy atom. The maximum atomic E-state index is 12.2. The number of phenolic OH excluding ortho intramolecular Hbond substituents is 1. The van der Waals surface area contributed by atoms with Gasteiger partial charge in [0.25, 0.3) is 5.91 Å². The summed E-state index contributed by atoms with van der Waals surface area (Å²) in [6.07, 6.45) is 1.89. The van der Waals surface area contributed by atoms with Gasteiger partial charge in [-0.3, -0.25) is 4.79 Å². The Bertz CT molecular complexity index is 818. The molecule has 2 N–H and O–H groups in total. The fourth-order valence-electron chi connectivity index (χ4n) is 2.71. The molecule has 3 rings (SSSR count). The van der Waals surface area contributed by atoms with Gasteiger partial charge in [0.1, 0.15) is 13.6 Å². The molecule has 22 heavy (non-hydrogen) atoms. The Morgan fingerprint density at radius 3 is 2.82 bits per heavy atom. The van der Waals surface area contributed by atoms with E-state index in [1.807, 2.05) is 51.1 Å². The summed E-state index contributed by atoms with van der Waals surface area (Å²) in [5, 5.41) is 12.9. The average Bonchev–Trinajstić information content (AvgIpc) is 2.78. The van der Waals surface area contributed by atoms with Gasteiger partial charge in [-0.25, -0.2) is 0 Å². The molecule has 0 fully saturated rings. The van der Waals surface area contributed by atoms with Gasteiger partial charge < -0.3 is 10.4 Å². The summed E-state index contributed by atoms with van der Waals surface area (Å²) in [6, 6.07) is 9.75. The van der Waals surface area contributed by atoms with Crippen LogP contribution in [0, 0.1) is 3.57 Å². The van der Waals surface area contributed by atoms with E-state index >= 15 is 0 Å². The monoisotopic (exact) mass is 401 g/mol. The molecule has 1 aliphatic heterocycles. The van der Waals surface area contributed by atoms with Crippen LogP contribution in [0.3, 0.4) is 0 Å². The summed E-state index contributed by atoms with van der Waals surface area (Å²) in [5.41, 5.74) is 5.11. The second kappa shape index (κ2) is 5.83. The van der Waals surface area contributed by atoms with Gasteiger partial charge in [-0.15, -0.1) is 0 Å². The molecule has 1 amide bonds. The molecule has 2 aromatic carbocycles. The zero-order valence-electron chi connectivity index (χ0n) is 12.4. The zero-order valence-corrected chi connectivity index (χ0v) is 14.6. The number of nitrogens with one attached hydrogen (secondary N) is 1. The summed E-state index contributed by atoms with van der Waals surface area (Å²) < 4.78 is 1.09. The molecular weight excluding hydrogens is 387 g/mol. The third kappa shape index (κ3) is 2.67. The number of anilines is 1. The summed E-state index contributed by atoms with van der Waals surface area (Å²) >= 11 is 2.24. The maximum Gasteiger partial charge on any atom is 0.256 e. The second-order valence-corrected chi connectivity index (χ2v) is 6.65. The molecule has 0 saturated heterocycles. The van der Waals surface area contributed by atoms with Crippen LogP contribution >= 0.6 is 22.6 Å². The smallest absolute Gasteiger partial charge is 0.256 e. The fraction of sp³-hybridized carbons (Fsp3) is 0.0625. The normalized spacial score (nSPS) is 14.8. The van der Waals surface area contributed by atoms with Crippen molar-refractivity contribution in [3.8, 4) is 5.75 Å². The van der Waals surface area contributed by atoms with Crippen LogP contribution in [0.15, 0.2) is 30.3 Å². The molecule has 0 bridgehead atoms. The van der Waals surface area contributed by atoms with Crippen LogP contribution in [0.2, 0.25) is 6.82 Å². The molecule has 1 aliphatic rings. The lowest BCUT2D eigenvalue weighted by atomic mass is 9.70. The lowest BCUT2D eigenvalue weighted by Crippen LogP contribution is -2.20. The van der Waals surface area contributed by atoms with E-state index in [4.69, 9.17) is 0 Å². The van der Waals surface area contributed by atoms with Gasteiger partial charge in [-0.05, 0) is 63.4 Å². The topological polar surface area (TPSA) is 49.3 Å². The molecule has 108 valence electrons. The highest BCUT2D eigenvalue weighted by molar-refractivity contribution is 14.1. The minimum absolute atomic E-state index is 0.0826. The van der Waals surface area contributed by atoms with Crippen LogP contribution in [0.5, 0.6) is 5.75 Å². The van der Waals surface area contributed by atoms with Crippen molar-refractivity contribution < 1.29 is 9.90 Å². The van der Waals surface area contributed by atoms with Crippen LogP contribution in [-0.4, -0.2) is 26.1 Å². The summed E-state index contributed by atoms with van der Waals surface area (Å²) in [4.78, 5) is 12.2. The summed E-state index contributed by atoms with van der Waals surface area (Å²) in [7, 11) is 2.63. The molecule has 0 radical (unpaired) electrons. The van der Waals surface area contributed by atoms with Gasteiger partial charge in [-0.2, -0.15) is 0 Å². The molecule has 0 unspecified atom stereocenters. The molecular formula is C16H14B2INO2. The number of hydrogen-bond acceptors (Lipinski definition) is 2. The van der Waals surface area contributed by atoms with Gasteiger partial charge >= 0.3 is 0 Å². The lowest BCUT2D eigenvalue weighted by Gasteiger charge is -2.08. The standard InChI is InChI=1S/C16H14B2INO2/c1-18-13-6-8(5-12(17)15(13)21)4-11-10-7-9(19)2-3-14(10)20-16(11)22/h2-7,18,21H,17H2,1H3,(H,20,22). The van der Waals surface area contributed by atoms with Gasteiger partial charge in [-0.1, -0.05) is 19.0 Å². The summed E-state index contributed by atoms with van der Waals surface area (Å²) in [5.74, 6) is 0.260. The predicted molar refractivity (Wildman–Crippen MR) is 105 cm³/mol. The molecule has 1 heterocycles. The van der Waals surface area contributed by atoms with Crippen molar-refractivity contribution in [2.45, 2.75) is 6.82 Å². The molecule has 0 aliphatic carbocycles. The number of carbonyl (C=O) groups is 1. The van der Waals surface area contributed by atoms with E-state index in [0.717, 1.165) is 38.6 Å². The molecule has 3 nitrogen and oxygen atoms in total. The predicted octanol–water partition coefficient (Wildman–Crippen LogP) is 0.858. The molecule has 0 spiro atoms. The Labute approximate surface area is 144 Å². The SMILES string of the molecule is Bc1cc(C=C2C(=O)Nc3ccc(I)cc32)cc(BC)c1O. The highest BCUT2D eigenvalue weighted by Gasteiger charge is 2.24. The van der Waals surface area contributed by atoms with Crippen LogP contribution < -0.4 is 16.2 Å². The number of fused-ring (bicyclic) bond motifs is 1. The first-order valence-electron chi connectivity index (χ1n) is 7.15. The number of carbonyl (C=O) groups excluding carboxylic acids is 1. The van der Waals surface area contributed by atoms with Gasteiger partial charge in [0.2, 0.25) is 0 Å². The number of aromatic hydroxyl groups is 1. The van der Waals surface area contributed by atoms with Crippen LogP contribution in [-0.2, 0) is 4.79 Å². The number of rotatable bonds is 2. The number of benzene rings is 2. The highest BCUT2D eigenvalue weighted by atomic mass is 127. The Morgan fingerprint density at radius 2 is 2.09 bits per heavy atom. The van der Waals surface area contributed by atoms with E-state index in [-0.39, 0.29) is 5.91 Å². The van der Waals surface area contributed by atoms with Gasteiger partial charge in [0, 0.05) is 20.4 Å².